The largest absolute Gasteiger partial charge is 0.416 e. The Bertz CT molecular complexity index is 663. The third kappa shape index (κ3) is 2.98. The van der Waals surface area contributed by atoms with Crippen LogP contribution in [0, 0.1) is 20.2 Å². The summed E-state index contributed by atoms with van der Waals surface area (Å²) >= 11 is 0. The number of nitrogens with zero attached hydrogens (tertiary/aromatic N) is 2. The standard InChI is InChI=1S/C7H2F4N2O6S/c8-7(9,10)3-1-4(12(14)15)6(20(11,18)19)5(2-3)13(16)17/h1-2H. The van der Waals surface area contributed by atoms with E-state index in [1.807, 2.05) is 0 Å². The summed E-state index contributed by atoms with van der Waals surface area (Å²) in [5, 5.41) is 21.0. The zero-order chi connectivity index (χ0) is 15.9. The Morgan fingerprint density at radius 1 is 1.00 bits per heavy atom. The molecule has 0 aliphatic carbocycles. The zero-order valence-electron chi connectivity index (χ0n) is 8.92. The number of nitro groups is 2. The Kier molecular flexibility index (Phi) is 3.67. The van der Waals surface area contributed by atoms with E-state index in [2.05, 4.69) is 0 Å². The van der Waals surface area contributed by atoms with Gasteiger partial charge in [-0.3, -0.25) is 20.2 Å². The third-order valence-electron chi connectivity index (χ3n) is 2.01. The van der Waals surface area contributed by atoms with Gasteiger partial charge in [0, 0.05) is 12.1 Å². The molecule has 0 bridgehead atoms. The summed E-state index contributed by atoms with van der Waals surface area (Å²) in [4.78, 5) is 15.7. The first-order chi connectivity index (χ1) is 8.85. The summed E-state index contributed by atoms with van der Waals surface area (Å²) in [6.07, 6.45) is -5.21. The summed E-state index contributed by atoms with van der Waals surface area (Å²) in [7, 11) is -5.97. The van der Waals surface area contributed by atoms with E-state index in [4.69, 9.17) is 0 Å². The number of hydrogen-bond acceptors (Lipinski definition) is 6. The summed E-state index contributed by atoms with van der Waals surface area (Å²) in [6.45, 7) is 0. The molecule has 0 saturated carbocycles. The summed E-state index contributed by atoms with van der Waals surface area (Å²) < 4.78 is 71.5. The smallest absolute Gasteiger partial charge is 0.258 e. The van der Waals surface area contributed by atoms with E-state index in [1.54, 1.807) is 0 Å². The minimum Gasteiger partial charge on any atom is -0.258 e. The molecule has 0 radical (unpaired) electrons. The lowest BCUT2D eigenvalue weighted by Gasteiger charge is -2.07. The Morgan fingerprint density at radius 3 is 1.55 bits per heavy atom. The molecular formula is C7H2F4N2O6S. The SMILES string of the molecule is O=[N+]([O-])c1cc(C(F)(F)F)cc([N+](=O)[O-])c1S(=O)(=O)F. The van der Waals surface area contributed by atoms with Crippen molar-refractivity contribution in [2.24, 2.45) is 0 Å². The normalized spacial score (nSPS) is 12.2. The van der Waals surface area contributed by atoms with Crippen LogP contribution in [0.2, 0.25) is 0 Å². The molecule has 0 aliphatic heterocycles. The van der Waals surface area contributed by atoms with Crippen LogP contribution in [0.1, 0.15) is 5.56 Å². The minimum atomic E-state index is -5.97. The van der Waals surface area contributed by atoms with Gasteiger partial charge in [-0.2, -0.15) is 21.6 Å². The molecule has 0 saturated heterocycles. The first kappa shape index (κ1) is 15.7. The number of hydrogen-bond donors (Lipinski definition) is 0. The van der Waals surface area contributed by atoms with Crippen molar-refractivity contribution in [2.45, 2.75) is 11.1 Å². The molecule has 0 atom stereocenters. The number of benzene rings is 1. The predicted molar refractivity (Wildman–Crippen MR) is 53.0 cm³/mol. The van der Waals surface area contributed by atoms with Crippen LogP contribution in [0.15, 0.2) is 17.0 Å². The van der Waals surface area contributed by atoms with Crippen molar-refractivity contribution in [1.29, 1.82) is 0 Å². The monoisotopic (exact) mass is 318 g/mol. The van der Waals surface area contributed by atoms with Gasteiger partial charge >= 0.3 is 16.4 Å². The fraction of sp³-hybridized carbons (Fsp3) is 0.143. The molecule has 0 amide bonds. The quantitative estimate of drug-likeness (QED) is 0.364. The average molecular weight is 318 g/mol. The molecule has 1 aromatic rings. The molecule has 1 rings (SSSR count). The highest BCUT2D eigenvalue weighted by atomic mass is 32.3. The molecule has 13 heteroatoms. The van der Waals surface area contributed by atoms with Crippen LogP contribution < -0.4 is 0 Å². The van der Waals surface area contributed by atoms with E-state index in [1.165, 1.54) is 0 Å². The lowest BCUT2D eigenvalue weighted by atomic mass is 10.1. The number of alkyl halides is 3. The Hall–Kier alpha value is -2.31. The molecule has 0 aromatic heterocycles. The van der Waals surface area contributed by atoms with E-state index in [0.29, 0.717) is 0 Å². The van der Waals surface area contributed by atoms with Crippen LogP contribution in [0.5, 0.6) is 0 Å². The second-order valence-electron chi connectivity index (χ2n) is 3.29. The van der Waals surface area contributed by atoms with Crippen molar-refractivity contribution in [3.05, 3.63) is 37.9 Å². The maximum Gasteiger partial charge on any atom is 0.416 e. The highest BCUT2D eigenvalue weighted by Gasteiger charge is 2.42. The maximum absolute atomic E-state index is 12.9. The van der Waals surface area contributed by atoms with Crippen LogP contribution in [0.3, 0.4) is 0 Å². The molecule has 1 aromatic carbocycles. The van der Waals surface area contributed by atoms with Gasteiger partial charge in [0.25, 0.3) is 16.3 Å². The van der Waals surface area contributed by atoms with Gasteiger partial charge in [0.05, 0.1) is 15.4 Å². The second kappa shape index (κ2) is 4.66. The number of halogens is 4. The van der Waals surface area contributed by atoms with Crippen molar-refractivity contribution in [2.75, 3.05) is 0 Å². The molecule has 0 aliphatic rings. The molecule has 110 valence electrons. The molecule has 20 heavy (non-hydrogen) atoms. The number of rotatable bonds is 3. The predicted octanol–water partition coefficient (Wildman–Crippen LogP) is 2.18. The van der Waals surface area contributed by atoms with Gasteiger partial charge in [0.1, 0.15) is 0 Å². The first-order valence-corrected chi connectivity index (χ1v) is 5.72. The Balaban J connectivity index is 3.93. The highest BCUT2D eigenvalue weighted by molar-refractivity contribution is 7.86. The summed E-state index contributed by atoms with van der Waals surface area (Å²) in [6, 6.07) is -0.584. The van der Waals surface area contributed by atoms with Gasteiger partial charge in [-0.25, -0.2) is 0 Å². The van der Waals surface area contributed by atoms with Crippen molar-refractivity contribution in [3.8, 4) is 0 Å². The third-order valence-corrected chi connectivity index (χ3v) is 2.92. The van der Waals surface area contributed by atoms with Crippen LogP contribution in [0.4, 0.5) is 28.4 Å². The van der Waals surface area contributed by atoms with E-state index in [-0.39, 0.29) is 12.1 Å². The Morgan fingerprint density at radius 2 is 1.35 bits per heavy atom. The summed E-state index contributed by atoms with van der Waals surface area (Å²) in [5.41, 5.74) is -5.58. The molecule has 0 fully saturated rings. The molecular weight excluding hydrogens is 316 g/mol. The van der Waals surface area contributed by atoms with Crippen LogP contribution in [0.25, 0.3) is 0 Å². The van der Waals surface area contributed by atoms with E-state index < -0.39 is 48.1 Å². The molecule has 0 heterocycles. The molecule has 0 N–H and O–H groups in total. The number of nitro benzene ring substituents is 2. The fourth-order valence-electron chi connectivity index (χ4n) is 1.28. The lowest BCUT2D eigenvalue weighted by Crippen LogP contribution is -2.10. The van der Waals surface area contributed by atoms with Crippen molar-refractivity contribution < 1.29 is 35.3 Å². The summed E-state index contributed by atoms with van der Waals surface area (Å²) in [5.74, 6) is 0. The van der Waals surface area contributed by atoms with E-state index in [0.717, 1.165) is 0 Å². The van der Waals surface area contributed by atoms with Gasteiger partial charge in [0.15, 0.2) is 0 Å². The van der Waals surface area contributed by atoms with E-state index >= 15 is 0 Å². The topological polar surface area (TPSA) is 120 Å². The average Bonchev–Trinajstić information content (AvgIpc) is 2.24. The lowest BCUT2D eigenvalue weighted by molar-refractivity contribution is -0.400. The highest BCUT2D eigenvalue weighted by Crippen LogP contribution is 2.40. The molecule has 8 nitrogen and oxygen atoms in total. The van der Waals surface area contributed by atoms with Crippen LogP contribution in [-0.4, -0.2) is 18.3 Å². The Labute approximate surface area is 107 Å². The van der Waals surface area contributed by atoms with Gasteiger partial charge in [-0.1, -0.05) is 3.89 Å². The zero-order valence-corrected chi connectivity index (χ0v) is 9.74. The molecule has 0 spiro atoms. The minimum absolute atomic E-state index is 0.292. The van der Waals surface area contributed by atoms with Gasteiger partial charge < -0.3 is 0 Å². The van der Waals surface area contributed by atoms with Crippen molar-refractivity contribution in [3.63, 3.8) is 0 Å². The fourth-order valence-corrected chi connectivity index (χ4v) is 2.05. The van der Waals surface area contributed by atoms with Gasteiger partial charge in [0.2, 0.25) is 0 Å². The van der Waals surface area contributed by atoms with Crippen LogP contribution >= 0.6 is 0 Å². The van der Waals surface area contributed by atoms with Gasteiger partial charge in [-0.05, 0) is 0 Å². The van der Waals surface area contributed by atoms with Crippen LogP contribution in [-0.2, 0) is 16.4 Å². The maximum atomic E-state index is 12.9. The first-order valence-electron chi connectivity index (χ1n) is 4.34. The van der Waals surface area contributed by atoms with Crippen molar-refractivity contribution in [1.82, 2.24) is 0 Å². The van der Waals surface area contributed by atoms with Crippen molar-refractivity contribution >= 4 is 21.6 Å². The molecule has 0 unspecified atom stereocenters. The van der Waals surface area contributed by atoms with Gasteiger partial charge in [-0.15, -0.1) is 0 Å². The second-order valence-corrected chi connectivity index (χ2v) is 4.58. The van der Waals surface area contributed by atoms with E-state index in [9.17, 15) is 45.7 Å².